The van der Waals surface area contributed by atoms with Crippen LogP contribution in [0.15, 0.2) is 59.5 Å². The van der Waals surface area contributed by atoms with Crippen LogP contribution in [0, 0.1) is 12.8 Å². The second kappa shape index (κ2) is 7.03. The van der Waals surface area contributed by atoms with Gasteiger partial charge in [0.05, 0.1) is 11.4 Å². The molecule has 1 fully saturated rings. The van der Waals surface area contributed by atoms with Gasteiger partial charge in [0.25, 0.3) is 0 Å². The van der Waals surface area contributed by atoms with Gasteiger partial charge in [-0.15, -0.1) is 0 Å². The molecule has 2 amide bonds. The van der Waals surface area contributed by atoms with Gasteiger partial charge >= 0.3 is 0 Å². The first-order valence-corrected chi connectivity index (χ1v) is 10.0. The molecule has 3 rings (SSSR count). The van der Waals surface area contributed by atoms with E-state index < -0.39 is 26.9 Å². The summed E-state index contributed by atoms with van der Waals surface area (Å²) in [6.07, 6.45) is 0.0360. The molecule has 26 heavy (non-hydrogen) atoms. The third-order valence-electron chi connectivity index (χ3n) is 4.69. The van der Waals surface area contributed by atoms with Crippen molar-refractivity contribution in [1.82, 2.24) is 4.90 Å². The molecule has 1 aliphatic heterocycles. The average molecular weight is 371 g/mol. The maximum atomic E-state index is 13.1. The summed E-state index contributed by atoms with van der Waals surface area (Å²) in [6, 6.07) is 15.5. The van der Waals surface area contributed by atoms with Crippen LogP contribution in [-0.4, -0.2) is 30.4 Å². The summed E-state index contributed by atoms with van der Waals surface area (Å²) < 4.78 is 26.1. The first-order valence-electron chi connectivity index (χ1n) is 8.49. The fourth-order valence-electron chi connectivity index (χ4n) is 3.26. The minimum Gasteiger partial charge on any atom is -0.277 e. The molecular formula is C20H21NO4S. The third-order valence-corrected chi connectivity index (χ3v) is 6.96. The predicted octanol–water partition coefficient (Wildman–Crippen LogP) is 2.73. The van der Waals surface area contributed by atoms with Gasteiger partial charge in [-0.3, -0.25) is 14.5 Å². The standard InChI is InChI=1S/C20H21NO4S/c1-14-8-10-17(11-9-14)26(24,25)19-15(2)12-18(22)21(20(19)23)13-16-6-4-3-5-7-16/h3-11,15,19H,12-13H2,1-2H3/t15-,19+/m1/s1. The minimum absolute atomic E-state index is 0.0360. The van der Waals surface area contributed by atoms with Crippen molar-refractivity contribution in [2.24, 2.45) is 5.92 Å². The Kier molecular flexibility index (Phi) is 4.96. The number of carbonyl (C=O) groups is 2. The molecule has 5 nitrogen and oxygen atoms in total. The molecule has 0 aromatic heterocycles. The van der Waals surface area contributed by atoms with Gasteiger partial charge in [0.15, 0.2) is 9.84 Å². The Morgan fingerprint density at radius 1 is 1.00 bits per heavy atom. The highest BCUT2D eigenvalue weighted by atomic mass is 32.2. The summed E-state index contributed by atoms with van der Waals surface area (Å²) in [6.45, 7) is 3.60. The van der Waals surface area contributed by atoms with Gasteiger partial charge < -0.3 is 0 Å². The maximum Gasteiger partial charge on any atom is 0.248 e. The van der Waals surface area contributed by atoms with Crippen molar-refractivity contribution in [1.29, 1.82) is 0 Å². The molecule has 0 radical (unpaired) electrons. The molecule has 1 heterocycles. The number of hydrogen-bond donors (Lipinski definition) is 0. The van der Waals surface area contributed by atoms with E-state index in [1.54, 1.807) is 19.1 Å². The van der Waals surface area contributed by atoms with Crippen LogP contribution in [0.25, 0.3) is 0 Å². The van der Waals surface area contributed by atoms with Gasteiger partial charge in [0.2, 0.25) is 11.8 Å². The van der Waals surface area contributed by atoms with Gasteiger partial charge in [-0.05, 0) is 30.5 Å². The normalized spacial score (nSPS) is 21.1. The lowest BCUT2D eigenvalue weighted by molar-refractivity contribution is -0.150. The molecule has 0 unspecified atom stereocenters. The van der Waals surface area contributed by atoms with E-state index in [0.717, 1.165) is 16.0 Å². The summed E-state index contributed by atoms with van der Waals surface area (Å²) in [5.41, 5.74) is 1.73. The van der Waals surface area contributed by atoms with Crippen molar-refractivity contribution in [2.45, 2.75) is 37.0 Å². The van der Waals surface area contributed by atoms with E-state index in [4.69, 9.17) is 0 Å². The number of nitrogens with zero attached hydrogens (tertiary/aromatic N) is 1. The number of rotatable bonds is 4. The van der Waals surface area contributed by atoms with Crippen molar-refractivity contribution < 1.29 is 18.0 Å². The van der Waals surface area contributed by atoms with E-state index in [-0.39, 0.29) is 23.8 Å². The summed E-state index contributed by atoms with van der Waals surface area (Å²) in [5, 5.41) is -1.24. The van der Waals surface area contributed by atoms with Crippen LogP contribution < -0.4 is 0 Å². The number of piperidine rings is 1. The molecule has 2 atom stereocenters. The Morgan fingerprint density at radius 3 is 2.23 bits per heavy atom. The number of likely N-dealkylation sites (tertiary alicyclic amines) is 1. The SMILES string of the molecule is Cc1ccc(S(=O)(=O)[C@@H]2C(=O)N(Cc3ccccc3)C(=O)C[C@H]2C)cc1. The zero-order valence-electron chi connectivity index (χ0n) is 14.8. The number of aryl methyl sites for hydroxylation is 1. The van der Waals surface area contributed by atoms with Gasteiger partial charge in [-0.2, -0.15) is 0 Å². The topological polar surface area (TPSA) is 71.5 Å². The van der Waals surface area contributed by atoms with Gasteiger partial charge in [0.1, 0.15) is 5.25 Å². The zero-order valence-corrected chi connectivity index (χ0v) is 15.6. The quantitative estimate of drug-likeness (QED) is 0.775. The van der Waals surface area contributed by atoms with Crippen molar-refractivity contribution in [2.75, 3.05) is 0 Å². The fraction of sp³-hybridized carbons (Fsp3) is 0.300. The molecule has 6 heteroatoms. The second-order valence-corrected chi connectivity index (χ2v) is 8.83. The lowest BCUT2D eigenvalue weighted by Gasteiger charge is -2.34. The van der Waals surface area contributed by atoms with Crippen LogP contribution in [-0.2, 0) is 26.0 Å². The first-order chi connectivity index (χ1) is 12.3. The minimum atomic E-state index is -3.87. The van der Waals surface area contributed by atoms with E-state index in [2.05, 4.69) is 0 Å². The van der Waals surface area contributed by atoms with Crippen LogP contribution in [0.3, 0.4) is 0 Å². The third kappa shape index (κ3) is 3.42. The summed E-state index contributed by atoms with van der Waals surface area (Å²) in [4.78, 5) is 26.5. The van der Waals surface area contributed by atoms with Crippen molar-refractivity contribution in [3.05, 3.63) is 65.7 Å². The molecule has 0 bridgehead atoms. The molecule has 136 valence electrons. The van der Waals surface area contributed by atoms with Crippen molar-refractivity contribution >= 4 is 21.7 Å². The molecular weight excluding hydrogens is 350 g/mol. The molecule has 0 aliphatic carbocycles. The molecule has 1 saturated heterocycles. The lowest BCUT2D eigenvalue weighted by Crippen LogP contribution is -2.53. The largest absolute Gasteiger partial charge is 0.277 e. The van der Waals surface area contributed by atoms with E-state index in [9.17, 15) is 18.0 Å². The molecule has 1 aliphatic rings. The van der Waals surface area contributed by atoms with Crippen LogP contribution in [0.2, 0.25) is 0 Å². The van der Waals surface area contributed by atoms with Crippen molar-refractivity contribution in [3.8, 4) is 0 Å². The van der Waals surface area contributed by atoms with Gasteiger partial charge in [-0.1, -0.05) is 55.0 Å². The summed E-state index contributed by atoms with van der Waals surface area (Å²) >= 11 is 0. The number of amides is 2. The molecule has 2 aromatic carbocycles. The Morgan fingerprint density at radius 2 is 1.62 bits per heavy atom. The number of imide groups is 1. The Bertz CT molecular complexity index is 920. The summed E-state index contributed by atoms with van der Waals surface area (Å²) in [5.74, 6) is -1.53. The van der Waals surface area contributed by atoms with E-state index in [0.29, 0.717) is 0 Å². The molecule has 2 aromatic rings. The van der Waals surface area contributed by atoms with Crippen LogP contribution in [0.5, 0.6) is 0 Å². The highest BCUT2D eigenvalue weighted by molar-refractivity contribution is 7.92. The predicted molar refractivity (Wildman–Crippen MR) is 97.9 cm³/mol. The number of hydrogen-bond acceptors (Lipinski definition) is 4. The summed E-state index contributed by atoms with van der Waals surface area (Å²) in [7, 11) is -3.87. The van der Waals surface area contributed by atoms with Crippen LogP contribution in [0.1, 0.15) is 24.5 Å². The Labute approximate surface area is 153 Å². The monoisotopic (exact) mass is 371 g/mol. The maximum absolute atomic E-state index is 13.1. The van der Waals surface area contributed by atoms with Crippen LogP contribution >= 0.6 is 0 Å². The van der Waals surface area contributed by atoms with Gasteiger partial charge in [-0.25, -0.2) is 8.42 Å². The zero-order chi connectivity index (χ0) is 18.9. The van der Waals surface area contributed by atoms with E-state index in [1.165, 1.54) is 12.1 Å². The molecule has 0 N–H and O–H groups in total. The smallest absolute Gasteiger partial charge is 0.248 e. The van der Waals surface area contributed by atoms with Gasteiger partial charge in [0, 0.05) is 6.42 Å². The van der Waals surface area contributed by atoms with Crippen LogP contribution in [0.4, 0.5) is 0 Å². The average Bonchev–Trinajstić information content (AvgIpc) is 2.59. The number of carbonyl (C=O) groups excluding carboxylic acids is 2. The number of benzene rings is 2. The van der Waals surface area contributed by atoms with E-state index in [1.807, 2.05) is 37.3 Å². The van der Waals surface area contributed by atoms with E-state index >= 15 is 0 Å². The fourth-order valence-corrected chi connectivity index (χ4v) is 5.17. The highest BCUT2D eigenvalue weighted by Crippen LogP contribution is 2.30. The Hall–Kier alpha value is -2.47. The highest BCUT2D eigenvalue weighted by Gasteiger charge is 2.47. The number of sulfone groups is 1. The molecule has 0 saturated carbocycles. The molecule has 0 spiro atoms. The Balaban J connectivity index is 1.94. The van der Waals surface area contributed by atoms with Crippen molar-refractivity contribution in [3.63, 3.8) is 0 Å². The lowest BCUT2D eigenvalue weighted by atomic mass is 9.96. The first kappa shape index (κ1) is 18.3. The second-order valence-electron chi connectivity index (χ2n) is 6.76.